The van der Waals surface area contributed by atoms with Crippen molar-refractivity contribution in [2.75, 3.05) is 39.6 Å². The van der Waals surface area contributed by atoms with Crippen LogP contribution in [0.15, 0.2) is 42.6 Å². The third-order valence-corrected chi connectivity index (χ3v) is 3.72. The lowest BCUT2D eigenvalue weighted by Crippen LogP contribution is -2.27. The molecule has 25 heavy (non-hydrogen) atoms. The summed E-state index contributed by atoms with van der Waals surface area (Å²) in [6.45, 7) is 2.25. The predicted octanol–water partition coefficient (Wildman–Crippen LogP) is 2.38. The molecule has 1 amide bonds. The zero-order valence-electron chi connectivity index (χ0n) is 15.1. The van der Waals surface area contributed by atoms with Gasteiger partial charge in [-0.25, -0.2) is 0 Å². The molecule has 0 unspecified atom stereocenters. The van der Waals surface area contributed by atoms with Crippen LogP contribution in [0.5, 0.6) is 5.75 Å². The third kappa shape index (κ3) is 6.43. The van der Waals surface area contributed by atoms with Gasteiger partial charge < -0.3 is 20.3 Å². The average molecular weight is 342 g/mol. The van der Waals surface area contributed by atoms with Gasteiger partial charge in [0.1, 0.15) is 11.4 Å². The van der Waals surface area contributed by atoms with Gasteiger partial charge in [0.2, 0.25) is 0 Å². The number of hydrogen-bond acceptors (Lipinski definition) is 5. The van der Waals surface area contributed by atoms with Crippen molar-refractivity contribution in [2.24, 2.45) is 0 Å². The molecule has 6 heteroatoms. The van der Waals surface area contributed by atoms with Crippen LogP contribution in [0.2, 0.25) is 0 Å². The number of methoxy groups -OCH3 is 1. The molecule has 1 aromatic heterocycles. The average Bonchev–Trinajstić information content (AvgIpc) is 2.64. The molecule has 134 valence electrons. The number of aromatic nitrogens is 1. The van der Waals surface area contributed by atoms with Crippen LogP contribution < -0.4 is 15.4 Å². The van der Waals surface area contributed by atoms with Crippen LogP contribution in [0.25, 0.3) is 0 Å². The van der Waals surface area contributed by atoms with Gasteiger partial charge in [-0.2, -0.15) is 0 Å². The molecule has 2 aromatic rings. The van der Waals surface area contributed by atoms with Crippen molar-refractivity contribution in [1.82, 2.24) is 15.2 Å². The topological polar surface area (TPSA) is 66.5 Å². The van der Waals surface area contributed by atoms with Gasteiger partial charge in [-0.15, -0.1) is 0 Å². The first kappa shape index (κ1) is 18.7. The molecule has 1 aromatic carbocycles. The largest absolute Gasteiger partial charge is 0.497 e. The molecule has 0 radical (unpaired) electrons. The number of rotatable bonds is 9. The molecule has 0 aliphatic rings. The summed E-state index contributed by atoms with van der Waals surface area (Å²) >= 11 is 0. The molecule has 0 atom stereocenters. The molecule has 0 aliphatic heterocycles. The Bertz CT molecular complexity index is 671. The van der Waals surface area contributed by atoms with E-state index in [0.29, 0.717) is 18.8 Å². The fraction of sp³-hybridized carbons (Fsp3) is 0.368. The number of carbonyl (C=O) groups excluding carboxylic acids is 1. The van der Waals surface area contributed by atoms with Crippen LogP contribution in [-0.2, 0) is 6.54 Å². The summed E-state index contributed by atoms with van der Waals surface area (Å²) in [5, 5.41) is 6.21. The molecule has 2 rings (SSSR count). The van der Waals surface area contributed by atoms with E-state index in [1.54, 1.807) is 19.4 Å². The van der Waals surface area contributed by atoms with Crippen molar-refractivity contribution in [3.63, 3.8) is 0 Å². The molecular formula is C19H26N4O2. The minimum atomic E-state index is -0.146. The van der Waals surface area contributed by atoms with Gasteiger partial charge in [-0.05, 0) is 56.9 Å². The zero-order chi connectivity index (χ0) is 18.1. The lowest BCUT2D eigenvalue weighted by atomic mass is 10.2. The van der Waals surface area contributed by atoms with Crippen LogP contribution in [0, 0.1) is 0 Å². The Kier molecular flexibility index (Phi) is 7.22. The highest BCUT2D eigenvalue weighted by Crippen LogP contribution is 2.14. The molecule has 0 spiro atoms. The summed E-state index contributed by atoms with van der Waals surface area (Å²) in [5.41, 5.74) is 2.42. The Morgan fingerprint density at radius 1 is 1.20 bits per heavy atom. The monoisotopic (exact) mass is 342 g/mol. The van der Waals surface area contributed by atoms with E-state index >= 15 is 0 Å². The second-order valence-corrected chi connectivity index (χ2v) is 6.04. The maximum atomic E-state index is 12.2. The summed E-state index contributed by atoms with van der Waals surface area (Å²) < 4.78 is 5.15. The number of ether oxygens (including phenoxy) is 1. The van der Waals surface area contributed by atoms with E-state index in [1.165, 1.54) is 0 Å². The number of benzene rings is 1. The Balaban J connectivity index is 1.86. The smallest absolute Gasteiger partial charge is 0.269 e. The fourth-order valence-corrected chi connectivity index (χ4v) is 2.30. The highest BCUT2D eigenvalue weighted by Gasteiger charge is 2.07. The van der Waals surface area contributed by atoms with Gasteiger partial charge in [0.15, 0.2) is 0 Å². The van der Waals surface area contributed by atoms with Gasteiger partial charge in [0.05, 0.1) is 7.11 Å². The van der Waals surface area contributed by atoms with E-state index in [9.17, 15) is 4.79 Å². The van der Waals surface area contributed by atoms with Crippen LogP contribution in [0.1, 0.15) is 22.5 Å². The number of nitrogens with zero attached hydrogens (tertiary/aromatic N) is 2. The van der Waals surface area contributed by atoms with E-state index in [4.69, 9.17) is 4.74 Å². The van der Waals surface area contributed by atoms with E-state index < -0.39 is 0 Å². The van der Waals surface area contributed by atoms with Gasteiger partial charge in [0, 0.05) is 25.0 Å². The SMILES string of the molecule is COc1ccc(CNc2ccnc(C(=O)NCCCN(C)C)c2)cc1. The molecule has 6 nitrogen and oxygen atoms in total. The molecule has 0 saturated heterocycles. The van der Waals surface area contributed by atoms with E-state index in [0.717, 1.165) is 30.0 Å². The first-order valence-corrected chi connectivity index (χ1v) is 8.34. The normalized spacial score (nSPS) is 10.6. The van der Waals surface area contributed by atoms with E-state index in [2.05, 4.69) is 20.5 Å². The Hall–Kier alpha value is -2.60. The van der Waals surface area contributed by atoms with E-state index in [1.807, 2.05) is 44.4 Å². The number of pyridine rings is 1. The van der Waals surface area contributed by atoms with Gasteiger partial charge in [-0.1, -0.05) is 12.1 Å². The van der Waals surface area contributed by atoms with E-state index in [-0.39, 0.29) is 5.91 Å². The molecular weight excluding hydrogens is 316 g/mol. The second-order valence-electron chi connectivity index (χ2n) is 6.04. The second kappa shape index (κ2) is 9.64. The van der Waals surface area contributed by atoms with Crippen LogP contribution in [0.4, 0.5) is 5.69 Å². The Labute approximate surface area is 149 Å². The molecule has 0 bridgehead atoms. The van der Waals surface area contributed by atoms with Gasteiger partial charge >= 0.3 is 0 Å². The summed E-state index contributed by atoms with van der Waals surface area (Å²) in [7, 11) is 5.68. The first-order chi connectivity index (χ1) is 12.1. The summed E-state index contributed by atoms with van der Waals surface area (Å²) in [5.74, 6) is 0.688. The summed E-state index contributed by atoms with van der Waals surface area (Å²) in [6, 6.07) is 11.5. The van der Waals surface area contributed by atoms with Crippen molar-refractivity contribution in [1.29, 1.82) is 0 Å². The minimum Gasteiger partial charge on any atom is -0.497 e. The molecule has 2 N–H and O–H groups in total. The molecule has 0 saturated carbocycles. The van der Waals surface area contributed by atoms with Crippen molar-refractivity contribution in [3.8, 4) is 5.75 Å². The lowest BCUT2D eigenvalue weighted by molar-refractivity contribution is 0.0947. The Morgan fingerprint density at radius 3 is 2.64 bits per heavy atom. The third-order valence-electron chi connectivity index (χ3n) is 3.72. The summed E-state index contributed by atoms with van der Waals surface area (Å²) in [6.07, 6.45) is 2.55. The number of nitrogens with one attached hydrogen (secondary N) is 2. The van der Waals surface area contributed by atoms with Gasteiger partial charge in [0.25, 0.3) is 5.91 Å². The lowest BCUT2D eigenvalue weighted by Gasteiger charge is -2.11. The highest BCUT2D eigenvalue weighted by molar-refractivity contribution is 5.93. The Morgan fingerprint density at radius 2 is 1.96 bits per heavy atom. The zero-order valence-corrected chi connectivity index (χ0v) is 15.1. The number of hydrogen-bond donors (Lipinski definition) is 2. The maximum absolute atomic E-state index is 12.2. The van der Waals surface area contributed by atoms with Gasteiger partial charge in [-0.3, -0.25) is 9.78 Å². The first-order valence-electron chi connectivity index (χ1n) is 8.34. The molecule has 0 aliphatic carbocycles. The van der Waals surface area contributed by atoms with Crippen molar-refractivity contribution >= 4 is 11.6 Å². The summed E-state index contributed by atoms with van der Waals surface area (Å²) in [4.78, 5) is 18.4. The maximum Gasteiger partial charge on any atom is 0.269 e. The fourth-order valence-electron chi connectivity index (χ4n) is 2.30. The van der Waals surface area contributed by atoms with Crippen LogP contribution in [-0.4, -0.2) is 50.1 Å². The van der Waals surface area contributed by atoms with Crippen molar-refractivity contribution < 1.29 is 9.53 Å². The number of amides is 1. The van der Waals surface area contributed by atoms with Crippen LogP contribution in [0.3, 0.4) is 0 Å². The minimum absolute atomic E-state index is 0.146. The number of carbonyl (C=O) groups is 1. The standard InChI is InChI=1S/C19H26N4O2/c1-23(2)12-4-10-21-19(24)18-13-16(9-11-20-18)22-14-15-5-7-17(25-3)8-6-15/h5-9,11,13H,4,10,12,14H2,1-3H3,(H,20,22)(H,21,24). The highest BCUT2D eigenvalue weighted by atomic mass is 16.5. The number of anilines is 1. The molecule has 1 heterocycles. The van der Waals surface area contributed by atoms with Crippen molar-refractivity contribution in [2.45, 2.75) is 13.0 Å². The quantitative estimate of drug-likeness (QED) is 0.685. The van der Waals surface area contributed by atoms with Crippen LogP contribution >= 0.6 is 0 Å². The van der Waals surface area contributed by atoms with Crippen molar-refractivity contribution in [3.05, 3.63) is 53.9 Å². The predicted molar refractivity (Wildman–Crippen MR) is 100 cm³/mol. The molecule has 0 fully saturated rings.